The summed E-state index contributed by atoms with van der Waals surface area (Å²) in [7, 11) is 1.51. The molecule has 7 heteroatoms. The monoisotopic (exact) mass is 266 g/mol. The number of rotatable bonds is 3. The highest BCUT2D eigenvalue weighted by Gasteiger charge is 2.40. The number of carbonyl (C=O) groups is 2. The molecule has 1 N–H and O–H groups in total. The maximum Gasteiger partial charge on any atom is 0.508 e. The van der Waals surface area contributed by atoms with Crippen molar-refractivity contribution in [2.45, 2.75) is 6.92 Å². The number of hydrogen-bond donors (Lipinski definition) is 1. The molecule has 0 unspecified atom stereocenters. The fourth-order valence-corrected chi connectivity index (χ4v) is 1.51. The van der Waals surface area contributed by atoms with Crippen molar-refractivity contribution in [3.63, 3.8) is 0 Å². The van der Waals surface area contributed by atoms with Crippen LogP contribution in [0.1, 0.15) is 6.92 Å². The van der Waals surface area contributed by atoms with E-state index in [2.05, 4.69) is 10.3 Å². The van der Waals surface area contributed by atoms with Gasteiger partial charge in [0.2, 0.25) is 11.8 Å². The van der Waals surface area contributed by atoms with E-state index in [0.717, 1.165) is 0 Å². The van der Waals surface area contributed by atoms with Gasteiger partial charge in [-0.15, -0.1) is 0 Å². The summed E-state index contributed by atoms with van der Waals surface area (Å²) in [5.74, 6) is 0.158. The number of carbonyl (C=O) groups excluding carboxylic acids is 2. The van der Waals surface area contributed by atoms with Crippen LogP contribution in [-0.4, -0.2) is 37.4 Å². The second kappa shape index (κ2) is 5.13. The first-order valence-electron chi connectivity index (χ1n) is 5.64. The van der Waals surface area contributed by atoms with E-state index in [4.69, 9.17) is 14.2 Å². The van der Waals surface area contributed by atoms with Crippen molar-refractivity contribution in [2.24, 2.45) is 5.41 Å². The summed E-state index contributed by atoms with van der Waals surface area (Å²) >= 11 is 0. The van der Waals surface area contributed by atoms with Crippen LogP contribution in [0.5, 0.6) is 5.88 Å². The molecular weight excluding hydrogens is 252 g/mol. The lowest BCUT2D eigenvalue weighted by molar-refractivity contribution is -0.135. The number of hydrogen-bond acceptors (Lipinski definition) is 6. The van der Waals surface area contributed by atoms with Gasteiger partial charge in [0.15, 0.2) is 0 Å². The maximum absolute atomic E-state index is 12.1. The summed E-state index contributed by atoms with van der Waals surface area (Å²) in [6.45, 7) is 1.63. The number of methoxy groups -OCH3 is 1. The molecule has 19 heavy (non-hydrogen) atoms. The molecule has 2 rings (SSSR count). The molecule has 0 radical (unpaired) electrons. The number of ether oxygens (including phenoxy) is 3. The van der Waals surface area contributed by atoms with Crippen LogP contribution in [0.3, 0.4) is 0 Å². The minimum atomic E-state index is -0.909. The molecule has 0 aliphatic carbocycles. The third-order valence-corrected chi connectivity index (χ3v) is 2.77. The highest BCUT2D eigenvalue weighted by atomic mass is 16.7. The van der Waals surface area contributed by atoms with Crippen LogP contribution in [0.2, 0.25) is 0 Å². The maximum atomic E-state index is 12.1. The fourth-order valence-electron chi connectivity index (χ4n) is 1.51. The third kappa shape index (κ3) is 2.93. The molecule has 0 atom stereocenters. The molecule has 1 aromatic heterocycles. The van der Waals surface area contributed by atoms with Crippen LogP contribution in [-0.2, 0) is 14.3 Å². The first-order valence-corrected chi connectivity index (χ1v) is 5.64. The zero-order chi connectivity index (χ0) is 13.9. The fraction of sp³-hybridized carbons (Fsp3) is 0.417. The molecule has 0 bridgehead atoms. The number of cyclic esters (lactones) is 2. The molecule has 1 aromatic rings. The highest BCUT2D eigenvalue weighted by molar-refractivity contribution is 5.95. The van der Waals surface area contributed by atoms with E-state index in [1.807, 2.05) is 0 Å². The lowest BCUT2D eigenvalue weighted by Crippen LogP contribution is -2.46. The Balaban J connectivity index is 2.01. The molecule has 1 aliphatic rings. The van der Waals surface area contributed by atoms with E-state index in [9.17, 15) is 9.59 Å². The first kappa shape index (κ1) is 13.1. The Morgan fingerprint density at radius 2 is 2.11 bits per heavy atom. The van der Waals surface area contributed by atoms with Gasteiger partial charge in [0.1, 0.15) is 18.6 Å². The Morgan fingerprint density at radius 3 is 2.63 bits per heavy atom. The summed E-state index contributed by atoms with van der Waals surface area (Å²) in [5, 5.41) is 2.69. The van der Waals surface area contributed by atoms with Crippen molar-refractivity contribution >= 4 is 17.7 Å². The van der Waals surface area contributed by atoms with Gasteiger partial charge in [-0.3, -0.25) is 4.79 Å². The molecule has 0 aromatic carbocycles. The Labute approximate surface area is 109 Å². The average molecular weight is 266 g/mol. The zero-order valence-corrected chi connectivity index (χ0v) is 10.6. The molecule has 1 amide bonds. The van der Waals surface area contributed by atoms with Crippen LogP contribution in [0, 0.1) is 5.41 Å². The van der Waals surface area contributed by atoms with Crippen molar-refractivity contribution < 1.29 is 23.8 Å². The predicted octanol–water partition coefficient (Wildman–Crippen LogP) is 1.20. The van der Waals surface area contributed by atoms with Crippen molar-refractivity contribution in [3.8, 4) is 5.88 Å². The van der Waals surface area contributed by atoms with Gasteiger partial charge < -0.3 is 19.5 Å². The van der Waals surface area contributed by atoms with Crippen molar-refractivity contribution in [1.29, 1.82) is 0 Å². The SMILES string of the molecule is COc1ccc(NC(=O)C2(C)COC(=O)OC2)cn1. The van der Waals surface area contributed by atoms with Gasteiger partial charge in [-0.25, -0.2) is 9.78 Å². The van der Waals surface area contributed by atoms with Gasteiger partial charge in [-0.05, 0) is 13.0 Å². The van der Waals surface area contributed by atoms with Gasteiger partial charge in [-0.2, -0.15) is 0 Å². The van der Waals surface area contributed by atoms with E-state index in [1.54, 1.807) is 19.1 Å². The van der Waals surface area contributed by atoms with Gasteiger partial charge in [0.05, 0.1) is 19.0 Å². The number of amides is 1. The zero-order valence-electron chi connectivity index (χ0n) is 10.6. The second-order valence-electron chi connectivity index (χ2n) is 4.43. The predicted molar refractivity (Wildman–Crippen MR) is 64.8 cm³/mol. The van der Waals surface area contributed by atoms with Crippen LogP contribution in [0.15, 0.2) is 18.3 Å². The normalized spacial score (nSPS) is 17.1. The first-order chi connectivity index (χ1) is 9.03. The standard InChI is InChI=1S/C12H14N2O5/c1-12(6-18-11(16)19-7-12)10(15)14-8-3-4-9(17-2)13-5-8/h3-5H,6-7H2,1-2H3,(H,14,15). The van der Waals surface area contributed by atoms with Crippen LogP contribution < -0.4 is 10.1 Å². The van der Waals surface area contributed by atoms with E-state index in [1.165, 1.54) is 13.3 Å². The molecule has 1 aliphatic heterocycles. The summed E-state index contributed by atoms with van der Waals surface area (Å²) in [4.78, 5) is 26.9. The summed E-state index contributed by atoms with van der Waals surface area (Å²) in [6, 6.07) is 3.30. The lowest BCUT2D eigenvalue weighted by atomic mass is 9.91. The third-order valence-electron chi connectivity index (χ3n) is 2.77. The molecule has 1 saturated heterocycles. The Bertz CT molecular complexity index is 475. The van der Waals surface area contributed by atoms with Gasteiger partial charge in [-0.1, -0.05) is 0 Å². The number of nitrogens with one attached hydrogen (secondary N) is 1. The van der Waals surface area contributed by atoms with Crippen molar-refractivity contribution in [3.05, 3.63) is 18.3 Å². The molecule has 102 valence electrons. The summed E-state index contributed by atoms with van der Waals surface area (Å²) in [5.41, 5.74) is -0.377. The molecule has 1 fully saturated rings. The lowest BCUT2D eigenvalue weighted by Gasteiger charge is -2.30. The average Bonchev–Trinajstić information content (AvgIpc) is 2.43. The highest BCUT2D eigenvalue weighted by Crippen LogP contribution is 2.24. The van der Waals surface area contributed by atoms with E-state index >= 15 is 0 Å². The van der Waals surface area contributed by atoms with Gasteiger partial charge in [0, 0.05) is 6.07 Å². The largest absolute Gasteiger partial charge is 0.508 e. The molecular formula is C12H14N2O5. The number of nitrogens with zero attached hydrogens (tertiary/aromatic N) is 1. The topological polar surface area (TPSA) is 86.8 Å². The number of aromatic nitrogens is 1. The van der Waals surface area contributed by atoms with Crippen molar-refractivity contribution in [1.82, 2.24) is 4.98 Å². The minimum absolute atomic E-state index is 0.0126. The van der Waals surface area contributed by atoms with Crippen molar-refractivity contribution in [2.75, 3.05) is 25.6 Å². The molecule has 0 saturated carbocycles. The van der Waals surface area contributed by atoms with Crippen LogP contribution in [0.4, 0.5) is 10.5 Å². The Kier molecular flexibility index (Phi) is 3.55. The van der Waals surface area contributed by atoms with Crippen LogP contribution >= 0.6 is 0 Å². The quantitative estimate of drug-likeness (QED) is 0.827. The van der Waals surface area contributed by atoms with E-state index in [0.29, 0.717) is 11.6 Å². The second-order valence-corrected chi connectivity index (χ2v) is 4.43. The molecule has 0 spiro atoms. The van der Waals surface area contributed by atoms with Gasteiger partial charge >= 0.3 is 6.16 Å². The summed E-state index contributed by atoms with van der Waals surface area (Å²) in [6.07, 6.45) is 0.729. The molecule has 7 nitrogen and oxygen atoms in total. The Morgan fingerprint density at radius 1 is 1.42 bits per heavy atom. The summed E-state index contributed by atoms with van der Waals surface area (Å²) < 4.78 is 14.4. The van der Waals surface area contributed by atoms with E-state index < -0.39 is 11.6 Å². The smallest absolute Gasteiger partial charge is 0.481 e. The Hall–Kier alpha value is -2.31. The van der Waals surface area contributed by atoms with Gasteiger partial charge in [0.25, 0.3) is 0 Å². The van der Waals surface area contributed by atoms with E-state index in [-0.39, 0.29) is 19.1 Å². The molecule has 2 heterocycles. The number of pyridine rings is 1. The minimum Gasteiger partial charge on any atom is -0.481 e. The number of anilines is 1. The van der Waals surface area contributed by atoms with Crippen LogP contribution in [0.25, 0.3) is 0 Å².